The van der Waals surface area contributed by atoms with Crippen molar-refractivity contribution >= 4 is 37.4 Å². The molecule has 3 rings (SSSR count). The highest BCUT2D eigenvalue weighted by Crippen LogP contribution is 2.48. The van der Waals surface area contributed by atoms with Crippen LogP contribution in [0.1, 0.15) is 89.2 Å². The van der Waals surface area contributed by atoms with E-state index in [4.69, 9.17) is 0 Å². The van der Waals surface area contributed by atoms with Gasteiger partial charge in [-0.1, -0.05) is 102 Å². The highest BCUT2D eigenvalue weighted by molar-refractivity contribution is 9.10. The van der Waals surface area contributed by atoms with Crippen LogP contribution in [0.25, 0.3) is 16.7 Å². The molecule has 2 heteroatoms. The molecule has 0 N–H and O–H groups in total. The van der Waals surface area contributed by atoms with Crippen molar-refractivity contribution in [1.29, 1.82) is 0 Å². The molecule has 0 bridgehead atoms. The van der Waals surface area contributed by atoms with Crippen LogP contribution in [0, 0.1) is 0 Å². The fourth-order valence-electron chi connectivity index (χ4n) is 4.35. The molecule has 0 heterocycles. The quantitative estimate of drug-likeness (QED) is 0.241. The minimum atomic E-state index is 1.17. The SMILES string of the molecule is CCCCCCC(CCCCCC)=C1c2cc(Br)ccc2-c2ccc(Br)cc21. The van der Waals surface area contributed by atoms with Crippen LogP contribution in [-0.4, -0.2) is 0 Å². The smallest absolute Gasteiger partial charge is 0.0181 e. The zero-order valence-electron chi connectivity index (χ0n) is 17.3. The second-order valence-corrected chi connectivity index (χ2v) is 9.81. The molecule has 1 aliphatic rings. The molecule has 0 saturated carbocycles. The molecule has 0 spiro atoms. The van der Waals surface area contributed by atoms with Gasteiger partial charge in [0.15, 0.2) is 0 Å². The Labute approximate surface area is 188 Å². The normalized spacial score (nSPS) is 12.2. The fraction of sp³-hybridized carbons (Fsp3) is 0.462. The summed E-state index contributed by atoms with van der Waals surface area (Å²) in [7, 11) is 0. The monoisotopic (exact) mass is 502 g/mol. The average Bonchev–Trinajstić information content (AvgIpc) is 2.99. The molecule has 0 fully saturated rings. The third-order valence-corrected chi connectivity index (χ3v) is 6.80. The van der Waals surface area contributed by atoms with E-state index >= 15 is 0 Å². The van der Waals surface area contributed by atoms with Gasteiger partial charge >= 0.3 is 0 Å². The van der Waals surface area contributed by atoms with Crippen LogP contribution >= 0.6 is 31.9 Å². The van der Waals surface area contributed by atoms with E-state index in [1.807, 2.05) is 0 Å². The summed E-state index contributed by atoms with van der Waals surface area (Å²) in [5.74, 6) is 0. The molecule has 0 aromatic heterocycles. The maximum Gasteiger partial charge on any atom is 0.0181 e. The number of rotatable bonds is 10. The summed E-state index contributed by atoms with van der Waals surface area (Å²) >= 11 is 7.43. The van der Waals surface area contributed by atoms with Gasteiger partial charge in [0.2, 0.25) is 0 Å². The van der Waals surface area contributed by atoms with Gasteiger partial charge in [-0.15, -0.1) is 0 Å². The summed E-state index contributed by atoms with van der Waals surface area (Å²) in [6, 6.07) is 13.6. The molecular formula is C26H32Br2. The van der Waals surface area contributed by atoms with Crippen LogP contribution in [0.4, 0.5) is 0 Å². The molecule has 0 unspecified atom stereocenters. The maximum absolute atomic E-state index is 3.72. The van der Waals surface area contributed by atoms with Gasteiger partial charge in [0.1, 0.15) is 0 Å². The van der Waals surface area contributed by atoms with E-state index in [0.29, 0.717) is 0 Å². The number of hydrogen-bond donors (Lipinski definition) is 0. The number of halogens is 2. The van der Waals surface area contributed by atoms with Gasteiger partial charge < -0.3 is 0 Å². The van der Waals surface area contributed by atoms with Crippen molar-refractivity contribution in [2.45, 2.75) is 78.1 Å². The molecule has 1 aliphatic carbocycles. The van der Waals surface area contributed by atoms with Crippen LogP contribution in [0.3, 0.4) is 0 Å². The Balaban J connectivity index is 2.02. The highest BCUT2D eigenvalue weighted by atomic mass is 79.9. The third kappa shape index (κ3) is 5.19. The Morgan fingerprint density at radius 3 is 1.50 bits per heavy atom. The lowest BCUT2D eigenvalue weighted by molar-refractivity contribution is 0.626. The zero-order chi connectivity index (χ0) is 19.9. The Morgan fingerprint density at radius 2 is 1.07 bits per heavy atom. The van der Waals surface area contributed by atoms with Crippen molar-refractivity contribution in [3.05, 3.63) is 62.0 Å². The van der Waals surface area contributed by atoms with Crippen LogP contribution in [0.5, 0.6) is 0 Å². The van der Waals surface area contributed by atoms with Crippen LogP contribution < -0.4 is 0 Å². The molecule has 0 atom stereocenters. The molecule has 2 aromatic carbocycles. The van der Waals surface area contributed by atoms with Gasteiger partial charge in [-0.05, 0) is 77.8 Å². The predicted molar refractivity (Wildman–Crippen MR) is 131 cm³/mol. The Bertz CT molecular complexity index is 765. The topological polar surface area (TPSA) is 0 Å². The van der Waals surface area contributed by atoms with E-state index in [1.165, 1.54) is 101 Å². The number of hydrogen-bond acceptors (Lipinski definition) is 0. The van der Waals surface area contributed by atoms with Gasteiger partial charge in [-0.25, -0.2) is 0 Å². The van der Waals surface area contributed by atoms with Crippen molar-refractivity contribution in [3.63, 3.8) is 0 Å². The Kier molecular flexibility index (Phi) is 8.41. The van der Waals surface area contributed by atoms with Gasteiger partial charge in [0, 0.05) is 8.95 Å². The summed E-state index contributed by atoms with van der Waals surface area (Å²) in [4.78, 5) is 0. The molecular weight excluding hydrogens is 472 g/mol. The summed E-state index contributed by atoms with van der Waals surface area (Å²) in [5.41, 5.74) is 8.80. The minimum absolute atomic E-state index is 1.17. The first-order valence-corrected chi connectivity index (χ1v) is 12.6. The Morgan fingerprint density at radius 1 is 0.607 bits per heavy atom. The van der Waals surface area contributed by atoms with E-state index in [9.17, 15) is 0 Å². The van der Waals surface area contributed by atoms with Crippen molar-refractivity contribution in [2.75, 3.05) is 0 Å². The van der Waals surface area contributed by atoms with E-state index in [1.54, 1.807) is 5.57 Å². The first kappa shape index (κ1) is 21.8. The van der Waals surface area contributed by atoms with Gasteiger partial charge in [0.05, 0.1) is 0 Å². The Hall–Kier alpha value is -0.860. The molecule has 2 aromatic rings. The lowest BCUT2D eigenvalue weighted by Gasteiger charge is -2.15. The maximum atomic E-state index is 3.72. The van der Waals surface area contributed by atoms with Crippen molar-refractivity contribution in [3.8, 4) is 11.1 Å². The zero-order valence-corrected chi connectivity index (χ0v) is 20.5. The molecule has 0 amide bonds. The molecule has 0 aliphatic heterocycles. The number of allylic oxidation sites excluding steroid dienone is 1. The van der Waals surface area contributed by atoms with Crippen molar-refractivity contribution in [1.82, 2.24) is 0 Å². The lowest BCUT2D eigenvalue weighted by atomic mass is 9.90. The first-order valence-electron chi connectivity index (χ1n) is 11.0. The van der Waals surface area contributed by atoms with E-state index in [-0.39, 0.29) is 0 Å². The molecule has 0 nitrogen and oxygen atoms in total. The highest BCUT2D eigenvalue weighted by Gasteiger charge is 2.26. The average molecular weight is 504 g/mol. The van der Waals surface area contributed by atoms with Crippen molar-refractivity contribution in [2.24, 2.45) is 0 Å². The lowest BCUT2D eigenvalue weighted by Crippen LogP contribution is -1.94. The minimum Gasteiger partial charge on any atom is -0.0654 e. The predicted octanol–water partition coefficient (Wildman–Crippen LogP) is 9.93. The van der Waals surface area contributed by atoms with Crippen LogP contribution in [0.15, 0.2) is 50.9 Å². The van der Waals surface area contributed by atoms with Gasteiger partial charge in [0.25, 0.3) is 0 Å². The molecule has 0 radical (unpaired) electrons. The molecule has 0 saturated heterocycles. The summed E-state index contributed by atoms with van der Waals surface area (Å²) in [6.45, 7) is 4.59. The number of fused-ring (bicyclic) bond motifs is 3. The first-order chi connectivity index (χ1) is 13.7. The van der Waals surface area contributed by atoms with Crippen LogP contribution in [-0.2, 0) is 0 Å². The molecule has 28 heavy (non-hydrogen) atoms. The molecule has 150 valence electrons. The third-order valence-electron chi connectivity index (χ3n) is 5.81. The van der Waals surface area contributed by atoms with Gasteiger partial charge in [-0.2, -0.15) is 0 Å². The number of unbranched alkanes of at least 4 members (excludes halogenated alkanes) is 6. The van der Waals surface area contributed by atoms with Crippen molar-refractivity contribution < 1.29 is 0 Å². The summed E-state index contributed by atoms with van der Waals surface area (Å²) in [5, 5.41) is 0. The fourth-order valence-corrected chi connectivity index (χ4v) is 5.07. The van der Waals surface area contributed by atoms with Crippen LogP contribution in [0.2, 0.25) is 0 Å². The summed E-state index contributed by atoms with van der Waals surface area (Å²) in [6.07, 6.45) is 13.1. The summed E-state index contributed by atoms with van der Waals surface area (Å²) < 4.78 is 2.35. The van der Waals surface area contributed by atoms with E-state index < -0.39 is 0 Å². The van der Waals surface area contributed by atoms with E-state index in [0.717, 1.165) is 0 Å². The second kappa shape index (κ2) is 10.8. The second-order valence-electron chi connectivity index (χ2n) is 7.98. The van der Waals surface area contributed by atoms with Gasteiger partial charge in [-0.3, -0.25) is 0 Å². The van der Waals surface area contributed by atoms with E-state index in [2.05, 4.69) is 82.1 Å². The largest absolute Gasteiger partial charge is 0.0654 e. The number of benzene rings is 2. The standard InChI is InChI=1S/C26H32Br2/c1-3-5-7-9-11-19(12-10-8-6-4-2)26-24-17-20(27)13-15-22(24)23-16-14-21(28)18-25(23)26/h13-18H,3-12H2,1-2H3.